The summed E-state index contributed by atoms with van der Waals surface area (Å²) in [6, 6.07) is 0.529. The molecule has 114 valence electrons. The van der Waals surface area contributed by atoms with E-state index in [1.54, 1.807) is 0 Å². The summed E-state index contributed by atoms with van der Waals surface area (Å²) in [5, 5.41) is 5.49. The van der Waals surface area contributed by atoms with Crippen LogP contribution < -0.4 is 10.2 Å². The second kappa shape index (κ2) is 7.66. The maximum Gasteiger partial charge on any atom is 0.185 e. The maximum atomic E-state index is 4.93. The van der Waals surface area contributed by atoms with Crippen molar-refractivity contribution in [3.63, 3.8) is 0 Å². The van der Waals surface area contributed by atoms with E-state index in [1.807, 2.05) is 11.3 Å². The fourth-order valence-electron chi connectivity index (χ4n) is 2.36. The predicted octanol–water partition coefficient (Wildman–Crippen LogP) is 3.54. The van der Waals surface area contributed by atoms with E-state index in [4.69, 9.17) is 4.98 Å². The molecule has 2 heterocycles. The van der Waals surface area contributed by atoms with Crippen LogP contribution in [0.2, 0.25) is 0 Å². The van der Waals surface area contributed by atoms with Gasteiger partial charge in [-0.05, 0) is 6.42 Å². The second-order valence-electron chi connectivity index (χ2n) is 5.78. The summed E-state index contributed by atoms with van der Waals surface area (Å²) in [6.45, 7) is 12.2. The Morgan fingerprint density at radius 3 is 2.90 bits per heavy atom. The Morgan fingerprint density at radius 2 is 2.25 bits per heavy atom. The van der Waals surface area contributed by atoms with Crippen molar-refractivity contribution in [3.05, 3.63) is 10.6 Å². The molecular weight excluding hydrogens is 286 g/mol. The number of anilines is 1. The van der Waals surface area contributed by atoms with E-state index in [2.05, 4.69) is 49.7 Å². The Balaban J connectivity index is 2.10. The van der Waals surface area contributed by atoms with Crippen molar-refractivity contribution in [1.29, 1.82) is 0 Å². The average Bonchev–Trinajstić information content (AvgIpc) is 2.80. The number of thiazole rings is 1. The van der Waals surface area contributed by atoms with Crippen LogP contribution in [-0.4, -0.2) is 35.1 Å². The van der Waals surface area contributed by atoms with Gasteiger partial charge in [0.2, 0.25) is 0 Å². The fourth-order valence-corrected chi connectivity index (χ4v) is 4.47. The lowest BCUT2D eigenvalue weighted by Crippen LogP contribution is -2.36. The van der Waals surface area contributed by atoms with E-state index in [9.17, 15) is 0 Å². The van der Waals surface area contributed by atoms with E-state index in [-0.39, 0.29) is 0 Å². The van der Waals surface area contributed by atoms with E-state index in [0.717, 1.165) is 31.3 Å². The molecule has 0 radical (unpaired) electrons. The second-order valence-corrected chi connectivity index (χ2v) is 8.39. The predicted molar refractivity (Wildman–Crippen MR) is 92.2 cm³/mol. The van der Waals surface area contributed by atoms with Crippen LogP contribution in [0.5, 0.6) is 0 Å². The topological polar surface area (TPSA) is 28.2 Å². The summed E-state index contributed by atoms with van der Waals surface area (Å²) in [7, 11) is 0. The number of hydrogen-bond donors (Lipinski definition) is 1. The standard InChI is InChI=1S/C15H27N3S2/c1-5-6-13-14(9-16-11(2)3)20-15(17-13)18-7-8-19-12(4)10-18/h11-12,16H,5-10H2,1-4H3. The zero-order valence-electron chi connectivity index (χ0n) is 13.1. The first-order chi connectivity index (χ1) is 9.60. The Labute approximate surface area is 131 Å². The third-order valence-electron chi connectivity index (χ3n) is 3.44. The summed E-state index contributed by atoms with van der Waals surface area (Å²) in [4.78, 5) is 8.84. The molecule has 5 heteroatoms. The Hall–Kier alpha value is -0.260. The van der Waals surface area contributed by atoms with Crippen molar-refractivity contribution in [2.45, 2.75) is 58.4 Å². The van der Waals surface area contributed by atoms with Crippen molar-refractivity contribution in [2.24, 2.45) is 0 Å². The molecule has 1 atom stereocenters. The highest BCUT2D eigenvalue weighted by molar-refractivity contribution is 8.00. The van der Waals surface area contributed by atoms with Crippen molar-refractivity contribution in [1.82, 2.24) is 10.3 Å². The molecule has 20 heavy (non-hydrogen) atoms. The van der Waals surface area contributed by atoms with Crippen LogP contribution in [-0.2, 0) is 13.0 Å². The smallest absolute Gasteiger partial charge is 0.185 e. The van der Waals surface area contributed by atoms with Crippen LogP contribution in [0.3, 0.4) is 0 Å². The van der Waals surface area contributed by atoms with E-state index in [1.165, 1.54) is 27.9 Å². The van der Waals surface area contributed by atoms with Crippen LogP contribution >= 0.6 is 23.1 Å². The van der Waals surface area contributed by atoms with Gasteiger partial charge in [0.25, 0.3) is 0 Å². The molecule has 0 amide bonds. The molecule has 1 aromatic heterocycles. The van der Waals surface area contributed by atoms with Gasteiger partial charge in [0.05, 0.1) is 5.69 Å². The van der Waals surface area contributed by atoms with Gasteiger partial charge in [0, 0.05) is 41.6 Å². The molecule has 1 aliphatic heterocycles. The average molecular weight is 314 g/mol. The molecule has 0 bridgehead atoms. The number of rotatable bonds is 6. The number of nitrogens with zero attached hydrogens (tertiary/aromatic N) is 2. The number of aryl methyl sites for hydroxylation is 1. The lowest BCUT2D eigenvalue weighted by atomic mass is 10.2. The van der Waals surface area contributed by atoms with Gasteiger partial charge in [-0.2, -0.15) is 11.8 Å². The minimum Gasteiger partial charge on any atom is -0.346 e. The lowest BCUT2D eigenvalue weighted by molar-refractivity contribution is 0.589. The molecule has 3 nitrogen and oxygen atoms in total. The summed E-state index contributed by atoms with van der Waals surface area (Å²) in [6.07, 6.45) is 2.27. The fraction of sp³-hybridized carbons (Fsp3) is 0.800. The molecule has 2 rings (SSSR count). The van der Waals surface area contributed by atoms with Gasteiger partial charge >= 0.3 is 0 Å². The third-order valence-corrected chi connectivity index (χ3v) is 5.73. The molecule has 0 aliphatic carbocycles. The summed E-state index contributed by atoms with van der Waals surface area (Å²) >= 11 is 3.97. The lowest BCUT2D eigenvalue weighted by Gasteiger charge is -2.30. The molecule has 1 aromatic rings. The molecular formula is C15H27N3S2. The van der Waals surface area contributed by atoms with Crippen LogP contribution in [0.15, 0.2) is 0 Å². The molecule has 1 unspecified atom stereocenters. The highest BCUT2D eigenvalue weighted by Crippen LogP contribution is 2.30. The first-order valence-corrected chi connectivity index (χ1v) is 9.55. The highest BCUT2D eigenvalue weighted by Gasteiger charge is 2.21. The van der Waals surface area contributed by atoms with Crippen LogP contribution in [0, 0.1) is 0 Å². The van der Waals surface area contributed by atoms with E-state index >= 15 is 0 Å². The van der Waals surface area contributed by atoms with Gasteiger partial charge in [0.15, 0.2) is 5.13 Å². The largest absolute Gasteiger partial charge is 0.346 e. The molecule has 1 aliphatic rings. The van der Waals surface area contributed by atoms with Gasteiger partial charge in [-0.1, -0.05) is 34.1 Å². The number of hydrogen-bond acceptors (Lipinski definition) is 5. The number of aromatic nitrogens is 1. The quantitative estimate of drug-likeness (QED) is 0.869. The summed E-state index contributed by atoms with van der Waals surface area (Å²) in [5.74, 6) is 1.23. The Bertz CT molecular complexity index is 417. The normalized spacial score (nSPS) is 19.9. The van der Waals surface area contributed by atoms with Crippen molar-refractivity contribution in [3.8, 4) is 0 Å². The summed E-state index contributed by atoms with van der Waals surface area (Å²) < 4.78 is 0. The van der Waals surface area contributed by atoms with Crippen molar-refractivity contribution < 1.29 is 0 Å². The summed E-state index contributed by atoms with van der Waals surface area (Å²) in [5.41, 5.74) is 1.31. The number of nitrogens with one attached hydrogen (secondary N) is 1. The van der Waals surface area contributed by atoms with Gasteiger partial charge in [-0.15, -0.1) is 11.3 Å². The Kier molecular flexibility index (Phi) is 6.18. The van der Waals surface area contributed by atoms with Crippen LogP contribution in [0.1, 0.15) is 44.7 Å². The van der Waals surface area contributed by atoms with E-state index < -0.39 is 0 Å². The molecule has 1 N–H and O–H groups in total. The SMILES string of the molecule is CCCc1nc(N2CCSC(C)C2)sc1CNC(C)C. The first kappa shape index (κ1) is 16.1. The zero-order valence-corrected chi connectivity index (χ0v) is 14.7. The van der Waals surface area contributed by atoms with Gasteiger partial charge in [-0.25, -0.2) is 4.98 Å². The van der Waals surface area contributed by atoms with Crippen molar-refractivity contribution >= 4 is 28.2 Å². The van der Waals surface area contributed by atoms with Gasteiger partial charge < -0.3 is 10.2 Å². The molecule has 0 spiro atoms. The zero-order chi connectivity index (χ0) is 14.5. The molecule has 1 saturated heterocycles. The first-order valence-electron chi connectivity index (χ1n) is 7.68. The third kappa shape index (κ3) is 4.37. The highest BCUT2D eigenvalue weighted by atomic mass is 32.2. The van der Waals surface area contributed by atoms with Gasteiger partial charge in [0.1, 0.15) is 0 Å². The minimum atomic E-state index is 0.529. The minimum absolute atomic E-state index is 0.529. The van der Waals surface area contributed by atoms with E-state index in [0.29, 0.717) is 6.04 Å². The van der Waals surface area contributed by atoms with Gasteiger partial charge in [-0.3, -0.25) is 0 Å². The number of thioether (sulfide) groups is 1. The maximum absolute atomic E-state index is 4.93. The van der Waals surface area contributed by atoms with Crippen LogP contribution in [0.25, 0.3) is 0 Å². The molecule has 0 saturated carbocycles. The van der Waals surface area contributed by atoms with Crippen molar-refractivity contribution in [2.75, 3.05) is 23.7 Å². The van der Waals surface area contributed by atoms with Crippen LogP contribution in [0.4, 0.5) is 5.13 Å². The Morgan fingerprint density at radius 1 is 1.45 bits per heavy atom. The molecule has 1 fully saturated rings. The molecule has 0 aromatic carbocycles. The monoisotopic (exact) mass is 313 g/mol.